The molecule has 1 saturated carbocycles. The summed E-state index contributed by atoms with van der Waals surface area (Å²) in [5, 5.41) is 13.0. The first-order valence-electron chi connectivity index (χ1n) is 12.6. The quantitative estimate of drug-likeness (QED) is 0.705. The minimum Gasteiger partial charge on any atom is -0.493 e. The van der Waals surface area contributed by atoms with Crippen LogP contribution in [-0.2, 0) is 34.2 Å². The van der Waals surface area contributed by atoms with Gasteiger partial charge in [0.05, 0.1) is 31.3 Å². The molecular weight excluding hydrogens is 430 g/mol. The lowest BCUT2D eigenvalue weighted by atomic mass is 9.43. The number of fused-ring (bicyclic) bond motifs is 3. The average molecular weight is 462 g/mol. The SMILES string of the molecule is COc1ccc2c3c1OC1C4(OCCO4)C4(Cc5ccccc5C4)CC4(O)C(C2)N(C)CCC314. The van der Waals surface area contributed by atoms with E-state index in [0.717, 1.165) is 49.3 Å². The molecule has 1 N–H and O–H groups in total. The summed E-state index contributed by atoms with van der Waals surface area (Å²) < 4.78 is 26.2. The highest BCUT2D eigenvalue weighted by Gasteiger charge is 2.83. The predicted octanol–water partition coefficient (Wildman–Crippen LogP) is 2.62. The Kier molecular flexibility index (Phi) is 3.65. The highest BCUT2D eigenvalue weighted by atomic mass is 16.8. The largest absolute Gasteiger partial charge is 0.493 e. The molecule has 2 bridgehead atoms. The van der Waals surface area contributed by atoms with Gasteiger partial charge in [-0.1, -0.05) is 30.3 Å². The molecule has 3 heterocycles. The fourth-order valence-electron chi connectivity index (χ4n) is 9.06. The van der Waals surface area contributed by atoms with Gasteiger partial charge in [-0.15, -0.1) is 0 Å². The van der Waals surface area contributed by atoms with E-state index in [1.807, 2.05) is 6.07 Å². The fourth-order valence-corrected chi connectivity index (χ4v) is 9.06. The maximum atomic E-state index is 13.0. The van der Waals surface area contributed by atoms with Crippen LogP contribution in [0.3, 0.4) is 0 Å². The van der Waals surface area contributed by atoms with E-state index >= 15 is 0 Å². The summed E-state index contributed by atoms with van der Waals surface area (Å²) in [6.07, 6.45) is 3.51. The number of hydrogen-bond donors (Lipinski definition) is 1. The van der Waals surface area contributed by atoms with Gasteiger partial charge in [-0.2, -0.15) is 0 Å². The van der Waals surface area contributed by atoms with Crippen molar-refractivity contribution in [1.82, 2.24) is 4.90 Å². The summed E-state index contributed by atoms with van der Waals surface area (Å²) in [6, 6.07) is 12.9. The topological polar surface area (TPSA) is 60.4 Å². The van der Waals surface area contributed by atoms with Crippen molar-refractivity contribution in [3.63, 3.8) is 0 Å². The molecular formula is C28H31NO5. The molecule has 178 valence electrons. The smallest absolute Gasteiger partial charge is 0.213 e. The van der Waals surface area contributed by atoms with Crippen LogP contribution in [0.1, 0.15) is 35.1 Å². The summed E-state index contributed by atoms with van der Waals surface area (Å²) in [7, 11) is 3.86. The third-order valence-corrected chi connectivity index (χ3v) is 10.3. The minimum atomic E-state index is -0.947. The van der Waals surface area contributed by atoms with Gasteiger partial charge in [-0.25, -0.2) is 0 Å². The molecule has 6 heteroatoms. The number of likely N-dealkylation sites (N-methyl/N-ethyl adjacent to an activating group) is 1. The zero-order valence-electron chi connectivity index (χ0n) is 19.8. The van der Waals surface area contributed by atoms with Crippen LogP contribution in [0.25, 0.3) is 0 Å². The van der Waals surface area contributed by atoms with E-state index in [1.165, 1.54) is 16.7 Å². The molecule has 2 saturated heterocycles. The summed E-state index contributed by atoms with van der Waals surface area (Å²) in [5.41, 5.74) is 3.17. The second-order valence-corrected chi connectivity index (χ2v) is 11.4. The number of rotatable bonds is 1. The maximum absolute atomic E-state index is 13.0. The second-order valence-electron chi connectivity index (χ2n) is 11.4. The van der Waals surface area contributed by atoms with Crippen LogP contribution < -0.4 is 9.47 Å². The molecule has 2 aromatic carbocycles. The Morgan fingerprint density at radius 1 is 1.03 bits per heavy atom. The molecule has 3 fully saturated rings. The normalized spacial score (nSPS) is 37.5. The first kappa shape index (κ1) is 20.1. The van der Waals surface area contributed by atoms with Gasteiger partial charge >= 0.3 is 0 Å². The van der Waals surface area contributed by atoms with Crippen molar-refractivity contribution in [2.75, 3.05) is 33.9 Å². The number of benzene rings is 2. The molecule has 3 spiro atoms. The number of nitrogens with zero attached hydrogens (tertiary/aromatic N) is 1. The number of piperidine rings is 1. The molecule has 0 aromatic heterocycles. The van der Waals surface area contributed by atoms with Crippen LogP contribution in [0.4, 0.5) is 0 Å². The molecule has 4 unspecified atom stereocenters. The monoisotopic (exact) mass is 461 g/mol. The fraction of sp³-hybridized carbons (Fsp3) is 0.571. The van der Waals surface area contributed by atoms with E-state index in [9.17, 15) is 5.11 Å². The van der Waals surface area contributed by atoms with Crippen LogP contribution in [0.5, 0.6) is 11.5 Å². The van der Waals surface area contributed by atoms with E-state index in [4.69, 9.17) is 18.9 Å². The Bertz CT molecular complexity index is 1200. The van der Waals surface area contributed by atoms with E-state index in [1.54, 1.807) is 7.11 Å². The predicted molar refractivity (Wildman–Crippen MR) is 124 cm³/mol. The Balaban J connectivity index is 1.42. The molecule has 34 heavy (non-hydrogen) atoms. The zero-order valence-corrected chi connectivity index (χ0v) is 19.8. The van der Waals surface area contributed by atoms with Gasteiger partial charge in [-0.3, -0.25) is 0 Å². The first-order chi connectivity index (χ1) is 16.5. The third-order valence-electron chi connectivity index (χ3n) is 10.3. The van der Waals surface area contributed by atoms with Crippen LogP contribution in [0, 0.1) is 5.41 Å². The van der Waals surface area contributed by atoms with Gasteiger partial charge in [-0.05, 0) is 68.5 Å². The van der Waals surface area contributed by atoms with Crippen molar-refractivity contribution in [2.45, 2.75) is 61.1 Å². The molecule has 6 aliphatic rings. The number of methoxy groups -OCH3 is 1. The number of hydrogen-bond acceptors (Lipinski definition) is 6. The van der Waals surface area contributed by atoms with Crippen LogP contribution >= 0.6 is 0 Å². The lowest BCUT2D eigenvalue weighted by Gasteiger charge is -2.69. The molecule has 0 amide bonds. The standard InChI is InChI=1S/C28H31NO5/c1-29-10-9-26-22-17-7-8-20(31-2)23(22)34-24(26)28(32-11-12-33-28)25(16-27(26,30)21(29)13-17)14-18-5-3-4-6-19(18)15-25/h3-8,21,24,30H,9-16H2,1-2H3. The summed E-state index contributed by atoms with van der Waals surface area (Å²) in [5.74, 6) is 0.619. The average Bonchev–Trinajstić information content (AvgIpc) is 3.53. The summed E-state index contributed by atoms with van der Waals surface area (Å²) in [6.45, 7) is 2.01. The lowest BCUT2D eigenvalue weighted by molar-refractivity contribution is -0.351. The molecule has 3 aliphatic carbocycles. The summed E-state index contributed by atoms with van der Waals surface area (Å²) in [4.78, 5) is 2.37. The van der Waals surface area contributed by atoms with Crippen LogP contribution in [0.15, 0.2) is 36.4 Å². The highest BCUT2D eigenvalue weighted by molar-refractivity contribution is 5.64. The van der Waals surface area contributed by atoms with E-state index < -0.39 is 22.9 Å². The van der Waals surface area contributed by atoms with E-state index in [0.29, 0.717) is 19.6 Å². The Morgan fingerprint density at radius 2 is 1.76 bits per heavy atom. The Hall–Kier alpha value is -2.12. The third kappa shape index (κ3) is 1.96. The molecule has 2 aromatic rings. The summed E-state index contributed by atoms with van der Waals surface area (Å²) >= 11 is 0. The second kappa shape index (κ2) is 6.16. The van der Waals surface area contributed by atoms with Crippen molar-refractivity contribution in [2.24, 2.45) is 5.41 Å². The molecule has 0 radical (unpaired) electrons. The number of likely N-dealkylation sites (tertiary alicyclic amines) is 1. The van der Waals surface area contributed by atoms with Crippen molar-refractivity contribution in [3.05, 3.63) is 58.7 Å². The number of ether oxygens (including phenoxy) is 4. The first-order valence-corrected chi connectivity index (χ1v) is 12.6. The van der Waals surface area contributed by atoms with Gasteiger partial charge in [0.1, 0.15) is 0 Å². The van der Waals surface area contributed by atoms with Gasteiger partial charge in [0.25, 0.3) is 0 Å². The van der Waals surface area contributed by atoms with E-state index in [2.05, 4.69) is 42.3 Å². The lowest BCUT2D eigenvalue weighted by Crippen LogP contribution is -2.83. The zero-order chi connectivity index (χ0) is 22.9. The van der Waals surface area contributed by atoms with Crippen molar-refractivity contribution >= 4 is 0 Å². The van der Waals surface area contributed by atoms with Gasteiger partial charge in [0.2, 0.25) is 5.79 Å². The van der Waals surface area contributed by atoms with Crippen molar-refractivity contribution in [1.29, 1.82) is 0 Å². The van der Waals surface area contributed by atoms with Crippen LogP contribution in [0.2, 0.25) is 0 Å². The molecule has 4 atom stereocenters. The van der Waals surface area contributed by atoms with E-state index in [-0.39, 0.29) is 11.5 Å². The Labute approximate surface area is 199 Å². The Morgan fingerprint density at radius 3 is 2.47 bits per heavy atom. The highest BCUT2D eigenvalue weighted by Crippen LogP contribution is 2.73. The molecule has 8 rings (SSSR count). The minimum absolute atomic E-state index is 0.0264. The molecule has 6 nitrogen and oxygen atoms in total. The number of aliphatic hydroxyl groups is 1. The van der Waals surface area contributed by atoms with Gasteiger partial charge in [0.15, 0.2) is 17.6 Å². The maximum Gasteiger partial charge on any atom is 0.213 e. The van der Waals surface area contributed by atoms with Crippen LogP contribution in [-0.4, -0.2) is 67.5 Å². The molecule has 3 aliphatic heterocycles. The van der Waals surface area contributed by atoms with Crippen molar-refractivity contribution < 1.29 is 24.1 Å². The van der Waals surface area contributed by atoms with Crippen molar-refractivity contribution in [3.8, 4) is 11.5 Å². The van der Waals surface area contributed by atoms with Gasteiger partial charge in [0, 0.05) is 17.0 Å². The van der Waals surface area contributed by atoms with Gasteiger partial charge < -0.3 is 29.0 Å².